The Bertz CT molecular complexity index is 3010. The maximum absolute atomic E-state index is 14.9. The predicted molar refractivity (Wildman–Crippen MR) is 276 cm³/mol. The lowest BCUT2D eigenvalue weighted by Gasteiger charge is -2.46. The fourth-order valence-electron chi connectivity index (χ4n) is 10.5. The molecule has 20 heteroatoms. The topological polar surface area (TPSA) is 209 Å². The van der Waals surface area contributed by atoms with Crippen LogP contribution in [0, 0.1) is 28.9 Å². The number of halogens is 2. The van der Waals surface area contributed by atoms with E-state index in [1.54, 1.807) is 27.7 Å². The molecule has 18 nitrogen and oxygen atoms in total. The molecule has 0 spiro atoms. The first kappa shape index (κ1) is 52.2. The number of unbranched alkanes of at least 4 members (excludes halogenated alkanes) is 3. The summed E-state index contributed by atoms with van der Waals surface area (Å²) in [5.74, 6) is -2.00. The zero-order chi connectivity index (χ0) is 52.5. The summed E-state index contributed by atoms with van der Waals surface area (Å²) in [7, 11) is 0. The minimum Gasteiger partial charge on any atom is -0.492 e. The van der Waals surface area contributed by atoms with Crippen LogP contribution in [0.2, 0.25) is 0 Å². The highest BCUT2D eigenvalue weighted by Gasteiger charge is 2.40. The fraction of sp³-hybridized carbons (Fsp3) is 0.436. The number of rotatable bonds is 20. The molecule has 0 bridgehead atoms. The standard InChI is InChI=1S/C55H62F2N12O6/c1-2-75-43-29-44(51-40(30-58)32-62-69(51)35-43)37-9-14-48(61-31-37)66-21-16-55(17-22-66,64-53(73)46-27-41(56)11-13-47(46)57)36-65-23-25-67(26-24-65)50(71)7-5-3-4-6-18-59-19-20-60-42-12-8-38-33-68(54(74)45(38)28-42)34-39-10-15-49(70)63-52(39)72/h8-9,11-14,27-29,31-32,34-35,39,59-60H,2-7,10,15-26,33,36H2,1H3,(H-,63,64,70,72,73)/p+1. The number of hydrogen-bond acceptors (Lipinski definition) is 13. The van der Waals surface area contributed by atoms with E-state index >= 15 is 0 Å². The molecule has 2 aromatic carbocycles. The molecule has 1 unspecified atom stereocenters. The van der Waals surface area contributed by atoms with Gasteiger partial charge in [-0.2, -0.15) is 14.9 Å². The van der Waals surface area contributed by atoms with Gasteiger partial charge in [0, 0.05) is 100 Å². The van der Waals surface area contributed by atoms with Crippen molar-refractivity contribution < 1.29 is 42.1 Å². The maximum Gasteiger partial charge on any atom is 0.420 e. The van der Waals surface area contributed by atoms with Crippen LogP contribution in [0.5, 0.6) is 5.75 Å². The minimum atomic E-state index is -0.798. The molecule has 392 valence electrons. The fourth-order valence-corrected chi connectivity index (χ4v) is 10.5. The number of nitrogens with one attached hydrogen (secondary N) is 4. The number of piperazine rings is 1. The third kappa shape index (κ3) is 12.5. The Morgan fingerprint density at radius 3 is 2.51 bits per heavy atom. The number of fused-ring (bicyclic) bond motifs is 2. The Morgan fingerprint density at radius 2 is 1.75 bits per heavy atom. The predicted octanol–water partition coefficient (Wildman–Crippen LogP) is 5.30. The van der Waals surface area contributed by atoms with Crippen LogP contribution in [-0.4, -0.2) is 142 Å². The highest BCUT2D eigenvalue weighted by atomic mass is 19.1. The van der Waals surface area contributed by atoms with Crippen LogP contribution < -0.4 is 30.9 Å². The van der Waals surface area contributed by atoms with Gasteiger partial charge in [0.05, 0.1) is 41.2 Å². The molecule has 75 heavy (non-hydrogen) atoms. The molecule has 5 aromatic rings. The van der Waals surface area contributed by atoms with Gasteiger partial charge in [-0.05, 0) is 100 Å². The molecule has 4 N–H and O–H groups in total. The van der Waals surface area contributed by atoms with E-state index in [4.69, 9.17) is 9.72 Å². The summed E-state index contributed by atoms with van der Waals surface area (Å²) in [5.41, 5.74) is 3.88. The summed E-state index contributed by atoms with van der Waals surface area (Å²) < 4.78 is 38.1. The van der Waals surface area contributed by atoms with Crippen LogP contribution in [0.3, 0.4) is 0 Å². The van der Waals surface area contributed by atoms with Gasteiger partial charge in [0.15, 0.2) is 12.8 Å². The van der Waals surface area contributed by atoms with Crippen LogP contribution in [0.25, 0.3) is 16.6 Å². The van der Waals surface area contributed by atoms with E-state index in [1.165, 1.54) is 6.20 Å². The van der Waals surface area contributed by atoms with Gasteiger partial charge in [0.25, 0.3) is 5.91 Å². The smallest absolute Gasteiger partial charge is 0.420 e. The van der Waals surface area contributed by atoms with E-state index < -0.39 is 29.0 Å². The zero-order valence-corrected chi connectivity index (χ0v) is 42.2. The van der Waals surface area contributed by atoms with Gasteiger partial charge in [-0.15, -0.1) is 0 Å². The third-order valence-corrected chi connectivity index (χ3v) is 14.6. The SMILES string of the molecule is CCOc1cc(-c2ccc(N3CCC(CN4CCN(C(=O)CCCCCCNCCNc5ccc6c(c5)C(=O)[N+](=CC5CCC(=O)NC5=O)C6)CC4)(NC(=O)c4cc(F)ccc4F)CC3)nc2)c2c(C#N)cnn2c1. The number of piperidine rings is 2. The number of carbonyl (C=O) groups excluding carboxylic acids is 5. The second-order valence-electron chi connectivity index (χ2n) is 19.7. The molecule has 5 amide bonds. The van der Waals surface area contributed by atoms with Crippen molar-refractivity contribution >= 4 is 52.8 Å². The lowest BCUT2D eigenvalue weighted by molar-refractivity contribution is -0.434. The second kappa shape index (κ2) is 23.7. The van der Waals surface area contributed by atoms with E-state index in [9.17, 15) is 38.0 Å². The van der Waals surface area contributed by atoms with Crippen molar-refractivity contribution in [3.8, 4) is 22.9 Å². The molecule has 9 rings (SSSR count). The summed E-state index contributed by atoms with van der Waals surface area (Å²) in [5, 5.41) is 26.4. The number of benzene rings is 2. The lowest BCUT2D eigenvalue weighted by atomic mass is 9.86. The molecule has 3 fully saturated rings. The van der Waals surface area contributed by atoms with E-state index in [0.29, 0.717) is 114 Å². The van der Waals surface area contributed by atoms with E-state index in [1.807, 2.05) is 48.2 Å². The largest absolute Gasteiger partial charge is 0.492 e. The zero-order valence-electron chi connectivity index (χ0n) is 42.2. The van der Waals surface area contributed by atoms with Crippen molar-refractivity contribution in [2.24, 2.45) is 5.92 Å². The molecule has 7 heterocycles. The molecule has 1 atom stereocenters. The molecule has 4 aliphatic heterocycles. The minimum absolute atomic E-state index is 0.130. The molecule has 3 saturated heterocycles. The number of carbonyl (C=O) groups is 5. The number of aromatic nitrogens is 3. The summed E-state index contributed by atoms with van der Waals surface area (Å²) in [6, 6.07) is 16.6. The van der Waals surface area contributed by atoms with Crippen molar-refractivity contribution in [3.63, 3.8) is 0 Å². The van der Waals surface area contributed by atoms with E-state index in [0.717, 1.165) is 85.2 Å². The Morgan fingerprint density at radius 1 is 0.933 bits per heavy atom. The first-order chi connectivity index (χ1) is 36.4. The van der Waals surface area contributed by atoms with Crippen molar-refractivity contribution in [1.29, 1.82) is 5.26 Å². The Balaban J connectivity index is 0.703. The maximum atomic E-state index is 14.9. The van der Waals surface area contributed by atoms with Gasteiger partial charge in [-0.3, -0.25) is 29.4 Å². The Hall–Kier alpha value is -7.63. The van der Waals surface area contributed by atoms with Crippen molar-refractivity contribution in [2.75, 3.05) is 82.3 Å². The molecule has 3 aromatic heterocycles. The number of anilines is 2. The third-order valence-electron chi connectivity index (χ3n) is 14.6. The van der Waals surface area contributed by atoms with E-state index in [-0.39, 0.29) is 35.6 Å². The molecular weight excluding hydrogens is 963 g/mol. The number of ether oxygens (including phenoxy) is 1. The number of nitriles is 1. The first-order valence-corrected chi connectivity index (χ1v) is 26.0. The summed E-state index contributed by atoms with van der Waals surface area (Å²) in [6.07, 6.45) is 12.6. The number of pyridine rings is 2. The van der Waals surface area contributed by atoms with Crippen LogP contribution in [0.1, 0.15) is 96.6 Å². The lowest BCUT2D eigenvalue weighted by Crippen LogP contribution is -2.62. The average molecular weight is 1030 g/mol. The van der Waals surface area contributed by atoms with Crippen LogP contribution in [0.15, 0.2) is 73.2 Å². The molecule has 4 aliphatic rings. The number of amides is 5. The van der Waals surface area contributed by atoms with Gasteiger partial charge < -0.3 is 30.5 Å². The quantitative estimate of drug-likeness (QED) is 0.0444. The highest BCUT2D eigenvalue weighted by Crippen LogP contribution is 2.33. The van der Waals surface area contributed by atoms with Crippen LogP contribution in [0.4, 0.5) is 20.3 Å². The first-order valence-electron chi connectivity index (χ1n) is 26.0. The van der Waals surface area contributed by atoms with Crippen LogP contribution in [-0.2, 0) is 20.9 Å². The van der Waals surface area contributed by atoms with Crippen LogP contribution >= 0.6 is 0 Å². The highest BCUT2D eigenvalue weighted by molar-refractivity contribution is 6.05. The van der Waals surface area contributed by atoms with Gasteiger partial charge >= 0.3 is 5.91 Å². The molecule has 0 saturated carbocycles. The molecule has 0 radical (unpaired) electrons. The summed E-state index contributed by atoms with van der Waals surface area (Å²) >= 11 is 0. The van der Waals surface area contributed by atoms with Crippen molar-refractivity contribution in [1.82, 2.24) is 40.3 Å². The van der Waals surface area contributed by atoms with Gasteiger partial charge in [-0.25, -0.2) is 23.1 Å². The molecule has 0 aliphatic carbocycles. The molecular formula is C55H63F2N12O6+. The normalized spacial score (nSPS) is 18.2. The second-order valence-corrected chi connectivity index (χ2v) is 19.7. The van der Waals surface area contributed by atoms with Gasteiger partial charge in [-0.1, -0.05) is 12.8 Å². The van der Waals surface area contributed by atoms with Gasteiger partial charge in [0.2, 0.25) is 17.7 Å². The number of imide groups is 1. The van der Waals surface area contributed by atoms with E-state index in [2.05, 4.69) is 42.2 Å². The van der Waals surface area contributed by atoms with Crippen molar-refractivity contribution in [2.45, 2.75) is 76.8 Å². The van der Waals surface area contributed by atoms with Crippen molar-refractivity contribution in [3.05, 3.63) is 107 Å². The number of nitrogens with zero attached hydrogens (tertiary/aromatic N) is 8. The summed E-state index contributed by atoms with van der Waals surface area (Å²) in [6.45, 7) is 8.90. The Kier molecular flexibility index (Phi) is 16.5. The average Bonchev–Trinajstić information content (AvgIpc) is 3.99. The monoisotopic (exact) mass is 1030 g/mol. The number of hydrogen-bond donors (Lipinski definition) is 4. The summed E-state index contributed by atoms with van der Waals surface area (Å²) in [4.78, 5) is 74.9. The Labute approximate surface area is 434 Å². The van der Waals surface area contributed by atoms with Gasteiger partial charge in [0.1, 0.15) is 40.8 Å².